The second-order valence-electron chi connectivity index (χ2n) is 6.50. The van der Waals surface area contributed by atoms with Gasteiger partial charge in [-0.25, -0.2) is 9.37 Å². The topological polar surface area (TPSA) is 64.0 Å². The predicted octanol–water partition coefficient (Wildman–Crippen LogP) is 3.88. The SMILES string of the molecule is Cc1c(C(=O)Nc2cccc(F)c2)sc2nc3n(c(=O)c12)CCCCC3. The number of fused-ring (bicyclic) bond motifs is 2. The van der Waals surface area contributed by atoms with E-state index in [1.165, 1.54) is 29.5 Å². The summed E-state index contributed by atoms with van der Waals surface area (Å²) in [5.74, 6) is 0.0357. The van der Waals surface area contributed by atoms with Gasteiger partial charge in [-0.3, -0.25) is 14.2 Å². The van der Waals surface area contributed by atoms with Crippen LogP contribution in [0.5, 0.6) is 0 Å². The van der Waals surface area contributed by atoms with Crippen LogP contribution in [0.15, 0.2) is 29.1 Å². The Balaban J connectivity index is 1.77. The zero-order chi connectivity index (χ0) is 18.3. The van der Waals surface area contributed by atoms with E-state index in [9.17, 15) is 14.0 Å². The zero-order valence-electron chi connectivity index (χ0n) is 14.3. The van der Waals surface area contributed by atoms with Gasteiger partial charge in [0.1, 0.15) is 16.5 Å². The average molecular weight is 371 g/mol. The van der Waals surface area contributed by atoms with Gasteiger partial charge in [-0.15, -0.1) is 11.3 Å². The normalized spacial score (nSPS) is 14.1. The molecule has 134 valence electrons. The standard InChI is InChI=1S/C19H18FN3O2S/c1-11-15-18(22-14-8-3-2-4-9-23(14)19(15)25)26-16(11)17(24)21-13-7-5-6-12(20)10-13/h5-7,10H,2-4,8-9H2,1H3,(H,21,24). The van der Waals surface area contributed by atoms with Crippen molar-refractivity contribution in [2.75, 3.05) is 5.32 Å². The monoisotopic (exact) mass is 371 g/mol. The van der Waals surface area contributed by atoms with Gasteiger partial charge in [-0.05, 0) is 43.5 Å². The molecule has 2 aromatic heterocycles. The summed E-state index contributed by atoms with van der Waals surface area (Å²) in [5.41, 5.74) is 0.953. The number of aromatic nitrogens is 2. The summed E-state index contributed by atoms with van der Waals surface area (Å²) in [5, 5.41) is 3.21. The molecule has 3 aromatic rings. The second-order valence-corrected chi connectivity index (χ2v) is 7.50. The first-order chi connectivity index (χ1) is 12.5. The van der Waals surface area contributed by atoms with Crippen molar-refractivity contribution in [1.29, 1.82) is 0 Å². The predicted molar refractivity (Wildman–Crippen MR) is 101 cm³/mol. The molecule has 3 heterocycles. The number of rotatable bonds is 2. The summed E-state index contributed by atoms with van der Waals surface area (Å²) in [7, 11) is 0. The Kier molecular flexibility index (Phi) is 4.32. The number of nitrogens with zero attached hydrogens (tertiary/aromatic N) is 2. The van der Waals surface area contributed by atoms with Crippen molar-refractivity contribution >= 4 is 33.1 Å². The molecule has 26 heavy (non-hydrogen) atoms. The van der Waals surface area contributed by atoms with Crippen LogP contribution in [-0.4, -0.2) is 15.5 Å². The number of aryl methyl sites for hydroxylation is 2. The Morgan fingerprint density at radius 1 is 1.31 bits per heavy atom. The number of amides is 1. The molecule has 1 N–H and O–H groups in total. The highest BCUT2D eigenvalue weighted by Crippen LogP contribution is 2.29. The Labute approximate surface area is 153 Å². The first-order valence-electron chi connectivity index (χ1n) is 8.64. The van der Waals surface area contributed by atoms with Crippen LogP contribution in [0.25, 0.3) is 10.2 Å². The number of carbonyl (C=O) groups excluding carboxylic acids is 1. The largest absolute Gasteiger partial charge is 0.321 e. The van der Waals surface area contributed by atoms with Gasteiger partial charge in [-0.1, -0.05) is 12.5 Å². The molecule has 1 aliphatic heterocycles. The molecule has 0 radical (unpaired) electrons. The highest BCUT2D eigenvalue weighted by molar-refractivity contribution is 7.20. The van der Waals surface area contributed by atoms with Gasteiger partial charge >= 0.3 is 0 Å². The summed E-state index contributed by atoms with van der Waals surface area (Å²) >= 11 is 1.22. The van der Waals surface area contributed by atoms with Crippen molar-refractivity contribution in [1.82, 2.24) is 9.55 Å². The molecule has 0 atom stereocenters. The molecule has 0 spiro atoms. The van der Waals surface area contributed by atoms with Gasteiger partial charge in [0.2, 0.25) is 0 Å². The van der Waals surface area contributed by atoms with Gasteiger partial charge in [0, 0.05) is 18.7 Å². The van der Waals surface area contributed by atoms with Crippen molar-refractivity contribution in [2.24, 2.45) is 0 Å². The van der Waals surface area contributed by atoms with Crippen molar-refractivity contribution in [2.45, 2.75) is 39.2 Å². The lowest BCUT2D eigenvalue weighted by molar-refractivity contribution is 0.103. The molecule has 1 aromatic carbocycles. The minimum absolute atomic E-state index is 0.0644. The molecule has 0 bridgehead atoms. The fourth-order valence-corrected chi connectivity index (χ4v) is 4.47. The molecule has 1 aliphatic rings. The Hall–Kier alpha value is -2.54. The molecule has 0 fully saturated rings. The van der Waals surface area contributed by atoms with E-state index in [0.29, 0.717) is 32.9 Å². The third-order valence-electron chi connectivity index (χ3n) is 4.70. The van der Waals surface area contributed by atoms with E-state index in [1.54, 1.807) is 17.6 Å². The molecule has 4 rings (SSSR count). The first-order valence-corrected chi connectivity index (χ1v) is 9.46. The van der Waals surface area contributed by atoms with E-state index in [1.807, 2.05) is 0 Å². The van der Waals surface area contributed by atoms with E-state index < -0.39 is 5.82 Å². The maximum absolute atomic E-state index is 13.3. The Bertz CT molecular complexity index is 1070. The van der Waals surface area contributed by atoms with E-state index >= 15 is 0 Å². The third-order valence-corrected chi connectivity index (χ3v) is 5.88. The minimum atomic E-state index is -0.417. The van der Waals surface area contributed by atoms with Crippen LogP contribution in [0.1, 0.15) is 40.3 Å². The van der Waals surface area contributed by atoms with Gasteiger partial charge in [0.25, 0.3) is 11.5 Å². The van der Waals surface area contributed by atoms with E-state index in [2.05, 4.69) is 10.3 Å². The molecular formula is C19H18FN3O2S. The maximum Gasteiger partial charge on any atom is 0.266 e. The van der Waals surface area contributed by atoms with E-state index in [0.717, 1.165) is 31.5 Å². The van der Waals surface area contributed by atoms with E-state index in [-0.39, 0.29) is 11.5 Å². The lowest BCUT2D eigenvalue weighted by Crippen LogP contribution is -2.24. The number of halogens is 1. The molecule has 0 aliphatic carbocycles. The number of carbonyl (C=O) groups is 1. The first kappa shape index (κ1) is 16.9. The summed E-state index contributed by atoms with van der Waals surface area (Å²) in [4.78, 5) is 31.3. The molecule has 7 heteroatoms. The fourth-order valence-electron chi connectivity index (χ4n) is 3.38. The third kappa shape index (κ3) is 2.92. The smallest absolute Gasteiger partial charge is 0.266 e. The number of benzene rings is 1. The minimum Gasteiger partial charge on any atom is -0.321 e. The molecule has 0 saturated carbocycles. The lowest BCUT2D eigenvalue weighted by Gasteiger charge is -2.08. The average Bonchev–Trinajstić information content (AvgIpc) is 2.78. The van der Waals surface area contributed by atoms with Crippen LogP contribution in [-0.2, 0) is 13.0 Å². The highest BCUT2D eigenvalue weighted by Gasteiger charge is 2.22. The molecule has 0 saturated heterocycles. The van der Waals surface area contributed by atoms with Crippen LogP contribution < -0.4 is 10.9 Å². The second kappa shape index (κ2) is 6.64. The zero-order valence-corrected chi connectivity index (χ0v) is 15.2. The number of hydrogen-bond acceptors (Lipinski definition) is 4. The van der Waals surface area contributed by atoms with Gasteiger partial charge in [0.15, 0.2) is 0 Å². The van der Waals surface area contributed by atoms with Gasteiger partial charge in [-0.2, -0.15) is 0 Å². The van der Waals surface area contributed by atoms with Crippen molar-refractivity contribution < 1.29 is 9.18 Å². The van der Waals surface area contributed by atoms with Crippen LogP contribution in [0.4, 0.5) is 10.1 Å². The quantitative estimate of drug-likeness (QED) is 0.743. The van der Waals surface area contributed by atoms with Crippen LogP contribution in [0.2, 0.25) is 0 Å². The summed E-state index contributed by atoms with van der Waals surface area (Å²) in [6.07, 6.45) is 3.87. The Morgan fingerprint density at radius 3 is 2.96 bits per heavy atom. The number of anilines is 1. The number of hydrogen-bond donors (Lipinski definition) is 1. The summed E-state index contributed by atoms with van der Waals surface area (Å²) in [6, 6.07) is 5.74. The molecular weight excluding hydrogens is 353 g/mol. The van der Waals surface area contributed by atoms with Gasteiger partial charge < -0.3 is 5.32 Å². The maximum atomic E-state index is 13.3. The summed E-state index contributed by atoms with van der Waals surface area (Å²) < 4.78 is 15.1. The van der Waals surface area contributed by atoms with Crippen molar-refractivity contribution in [3.8, 4) is 0 Å². The van der Waals surface area contributed by atoms with Crippen LogP contribution in [0, 0.1) is 12.7 Å². The molecule has 0 unspecified atom stereocenters. The summed E-state index contributed by atoms with van der Waals surface area (Å²) in [6.45, 7) is 2.45. The van der Waals surface area contributed by atoms with Gasteiger partial charge in [0.05, 0.1) is 10.3 Å². The van der Waals surface area contributed by atoms with Crippen LogP contribution in [0.3, 0.4) is 0 Å². The van der Waals surface area contributed by atoms with Crippen molar-refractivity contribution in [3.05, 3.63) is 56.7 Å². The molecule has 5 nitrogen and oxygen atoms in total. The molecule has 1 amide bonds. The van der Waals surface area contributed by atoms with E-state index in [4.69, 9.17) is 0 Å². The van der Waals surface area contributed by atoms with Crippen molar-refractivity contribution in [3.63, 3.8) is 0 Å². The number of thiophene rings is 1. The highest BCUT2D eigenvalue weighted by atomic mass is 32.1. The Morgan fingerprint density at radius 2 is 2.15 bits per heavy atom. The van der Waals surface area contributed by atoms with Crippen LogP contribution >= 0.6 is 11.3 Å². The number of nitrogens with one attached hydrogen (secondary N) is 1. The lowest BCUT2D eigenvalue weighted by atomic mass is 10.2. The fraction of sp³-hybridized carbons (Fsp3) is 0.316.